The van der Waals surface area contributed by atoms with Gasteiger partial charge in [-0.25, -0.2) is 0 Å². The van der Waals surface area contributed by atoms with Gasteiger partial charge in [0.1, 0.15) is 6.04 Å². The van der Waals surface area contributed by atoms with Gasteiger partial charge in [0, 0.05) is 49.0 Å². The van der Waals surface area contributed by atoms with E-state index in [0.29, 0.717) is 24.3 Å². The second-order valence-corrected chi connectivity index (χ2v) is 11.7. The van der Waals surface area contributed by atoms with Gasteiger partial charge in [0.15, 0.2) is 0 Å². The summed E-state index contributed by atoms with van der Waals surface area (Å²) < 4.78 is 2.07. The number of piperidine rings is 2. The average Bonchev–Trinajstić information content (AvgIpc) is 3.61. The van der Waals surface area contributed by atoms with Crippen LogP contribution in [-0.4, -0.2) is 57.4 Å². The van der Waals surface area contributed by atoms with E-state index in [1.165, 1.54) is 0 Å². The Morgan fingerprint density at radius 2 is 1.87 bits per heavy atom. The molecule has 200 valence electrons. The number of carbonyl (C=O) groups is 4. The van der Waals surface area contributed by atoms with Gasteiger partial charge in [0.25, 0.3) is 5.91 Å². The number of likely N-dealkylation sites (tertiary alicyclic amines) is 1. The van der Waals surface area contributed by atoms with E-state index in [4.69, 9.17) is 5.10 Å². The zero-order valence-corrected chi connectivity index (χ0v) is 22.0. The number of nitrogens with one attached hydrogen (secondary N) is 1. The van der Waals surface area contributed by atoms with Gasteiger partial charge in [0.05, 0.1) is 17.4 Å². The third-order valence-corrected chi connectivity index (χ3v) is 9.00. The summed E-state index contributed by atoms with van der Waals surface area (Å²) in [6.45, 7) is 3.76. The number of amides is 4. The molecule has 0 spiro atoms. The predicted octanol–water partition coefficient (Wildman–Crippen LogP) is 3.14. The Kier molecular flexibility index (Phi) is 5.40. The third-order valence-electron chi connectivity index (χ3n) is 9.00. The molecule has 2 saturated heterocycles. The minimum absolute atomic E-state index is 0.129. The summed E-state index contributed by atoms with van der Waals surface area (Å²) in [6, 6.07) is 8.98. The van der Waals surface area contributed by atoms with Crippen LogP contribution in [-0.2, 0) is 26.3 Å². The van der Waals surface area contributed by atoms with Gasteiger partial charge in [-0.2, -0.15) is 5.10 Å². The fourth-order valence-electron chi connectivity index (χ4n) is 6.45. The topological polar surface area (TPSA) is 105 Å². The maximum atomic E-state index is 13.4. The molecule has 1 aliphatic carbocycles. The Morgan fingerprint density at radius 3 is 2.62 bits per heavy atom. The average molecular weight is 526 g/mol. The van der Waals surface area contributed by atoms with Gasteiger partial charge < -0.3 is 4.90 Å². The molecule has 1 N–H and O–H groups in total. The SMILES string of the molecule is CC1(n2cc(Cc3ccc4c5c(cccc35)C(=O)N4C3CCC(=O)NC3=O)cn2)CCN(C(=O)C2CC2)CC1. The maximum absolute atomic E-state index is 13.4. The first-order valence-corrected chi connectivity index (χ1v) is 13.9. The quantitative estimate of drug-likeness (QED) is 0.516. The van der Waals surface area contributed by atoms with Crippen molar-refractivity contribution in [3.63, 3.8) is 0 Å². The molecule has 7 rings (SSSR count). The van der Waals surface area contributed by atoms with Gasteiger partial charge in [-0.3, -0.25) is 34.1 Å². The van der Waals surface area contributed by atoms with Crippen LogP contribution in [0.25, 0.3) is 10.8 Å². The fourth-order valence-corrected chi connectivity index (χ4v) is 6.45. The number of nitrogens with zero attached hydrogens (tertiary/aromatic N) is 4. The smallest absolute Gasteiger partial charge is 0.259 e. The Bertz CT molecular complexity index is 1550. The Labute approximate surface area is 226 Å². The van der Waals surface area contributed by atoms with Crippen LogP contribution in [0.3, 0.4) is 0 Å². The minimum Gasteiger partial charge on any atom is -0.342 e. The van der Waals surface area contributed by atoms with E-state index in [9.17, 15) is 19.2 Å². The Hall–Kier alpha value is -4.01. The highest BCUT2D eigenvalue weighted by Gasteiger charge is 2.41. The Morgan fingerprint density at radius 1 is 1.08 bits per heavy atom. The molecular formula is C30H31N5O4. The second kappa shape index (κ2) is 8.76. The highest BCUT2D eigenvalue weighted by molar-refractivity contribution is 6.27. The molecule has 1 saturated carbocycles. The molecular weight excluding hydrogens is 494 g/mol. The molecule has 9 nitrogen and oxygen atoms in total. The van der Waals surface area contributed by atoms with Crippen LogP contribution in [0.4, 0.5) is 5.69 Å². The zero-order chi connectivity index (χ0) is 26.9. The summed E-state index contributed by atoms with van der Waals surface area (Å²) in [5, 5.41) is 8.95. The van der Waals surface area contributed by atoms with Crippen molar-refractivity contribution < 1.29 is 19.2 Å². The molecule has 3 aliphatic heterocycles. The van der Waals surface area contributed by atoms with E-state index in [1.54, 1.807) is 4.90 Å². The van der Waals surface area contributed by atoms with Crippen molar-refractivity contribution in [1.82, 2.24) is 20.0 Å². The zero-order valence-electron chi connectivity index (χ0n) is 22.0. The molecule has 0 radical (unpaired) electrons. The summed E-state index contributed by atoms with van der Waals surface area (Å²) in [4.78, 5) is 53.8. The second-order valence-electron chi connectivity index (χ2n) is 11.7. The molecule has 0 bridgehead atoms. The monoisotopic (exact) mass is 525 g/mol. The van der Waals surface area contributed by atoms with Gasteiger partial charge in [-0.15, -0.1) is 0 Å². The normalized spacial score (nSPS) is 22.5. The Balaban J connectivity index is 1.13. The lowest BCUT2D eigenvalue weighted by atomic mass is 9.89. The minimum atomic E-state index is -0.693. The lowest BCUT2D eigenvalue weighted by molar-refractivity contribution is -0.135. The number of carbonyl (C=O) groups excluding carboxylic acids is 4. The maximum Gasteiger partial charge on any atom is 0.259 e. The predicted molar refractivity (Wildman–Crippen MR) is 144 cm³/mol. The van der Waals surface area contributed by atoms with Crippen molar-refractivity contribution >= 4 is 40.1 Å². The molecule has 1 atom stereocenters. The number of hydrogen-bond donors (Lipinski definition) is 1. The lowest BCUT2D eigenvalue weighted by Crippen LogP contribution is -2.53. The van der Waals surface area contributed by atoms with E-state index in [2.05, 4.69) is 23.1 Å². The number of benzene rings is 2. The van der Waals surface area contributed by atoms with E-state index in [0.717, 1.165) is 66.4 Å². The number of imide groups is 1. The molecule has 4 heterocycles. The highest BCUT2D eigenvalue weighted by atomic mass is 16.2. The molecule has 4 amide bonds. The first-order valence-electron chi connectivity index (χ1n) is 13.9. The van der Waals surface area contributed by atoms with Gasteiger partial charge in [-0.1, -0.05) is 18.2 Å². The largest absolute Gasteiger partial charge is 0.342 e. The number of hydrogen-bond acceptors (Lipinski definition) is 5. The van der Waals surface area contributed by atoms with Crippen LogP contribution in [0.2, 0.25) is 0 Å². The summed E-state index contributed by atoms with van der Waals surface area (Å²) in [5.41, 5.74) is 3.35. The highest BCUT2D eigenvalue weighted by Crippen LogP contribution is 2.41. The van der Waals surface area contributed by atoms with Gasteiger partial charge in [-0.05, 0) is 67.7 Å². The van der Waals surface area contributed by atoms with E-state index in [-0.39, 0.29) is 29.7 Å². The van der Waals surface area contributed by atoms with Crippen molar-refractivity contribution in [3.8, 4) is 0 Å². The van der Waals surface area contributed by atoms with Crippen molar-refractivity contribution in [2.24, 2.45) is 5.92 Å². The van der Waals surface area contributed by atoms with Crippen molar-refractivity contribution in [1.29, 1.82) is 0 Å². The molecule has 2 aromatic carbocycles. The van der Waals surface area contributed by atoms with Gasteiger partial charge in [0.2, 0.25) is 17.7 Å². The summed E-state index contributed by atoms with van der Waals surface area (Å²) in [7, 11) is 0. The van der Waals surface area contributed by atoms with Crippen LogP contribution < -0.4 is 10.2 Å². The molecule has 1 aromatic heterocycles. The van der Waals surface area contributed by atoms with Crippen LogP contribution in [0.5, 0.6) is 0 Å². The molecule has 3 aromatic rings. The summed E-state index contributed by atoms with van der Waals surface area (Å²) >= 11 is 0. The van der Waals surface area contributed by atoms with Crippen LogP contribution in [0, 0.1) is 5.92 Å². The fraction of sp³-hybridized carbons (Fsp3) is 0.433. The first-order chi connectivity index (χ1) is 18.8. The van der Waals surface area contributed by atoms with Crippen LogP contribution >= 0.6 is 0 Å². The van der Waals surface area contributed by atoms with E-state index in [1.807, 2.05) is 41.4 Å². The van der Waals surface area contributed by atoms with E-state index < -0.39 is 11.9 Å². The van der Waals surface area contributed by atoms with Crippen molar-refractivity contribution in [3.05, 3.63) is 59.4 Å². The number of rotatable bonds is 5. The molecule has 39 heavy (non-hydrogen) atoms. The van der Waals surface area contributed by atoms with Crippen LogP contribution in [0.1, 0.15) is 66.9 Å². The summed E-state index contributed by atoms with van der Waals surface area (Å²) in [5.74, 6) is -0.342. The number of aromatic nitrogens is 2. The summed E-state index contributed by atoms with van der Waals surface area (Å²) in [6.07, 6.45) is 9.06. The van der Waals surface area contributed by atoms with Crippen LogP contribution in [0.15, 0.2) is 42.7 Å². The molecule has 4 aliphatic rings. The van der Waals surface area contributed by atoms with Crippen molar-refractivity contribution in [2.75, 3.05) is 18.0 Å². The molecule has 9 heteroatoms. The van der Waals surface area contributed by atoms with E-state index >= 15 is 0 Å². The molecule has 1 unspecified atom stereocenters. The lowest BCUT2D eigenvalue weighted by Gasteiger charge is -2.39. The van der Waals surface area contributed by atoms with Gasteiger partial charge >= 0.3 is 0 Å². The molecule has 3 fully saturated rings. The first kappa shape index (κ1) is 24.1. The standard InChI is InChI=1S/C30H31N5O4/c1-30(11-13-33(14-12-30)28(38)19-5-6-19)34-17-18(16-31-34)15-20-7-8-23-26-21(20)3-2-4-22(26)29(39)35(23)24-9-10-25(36)32-27(24)37/h2-4,7-8,16-17,19,24H,5-6,9-15H2,1H3,(H,32,36,37). The van der Waals surface area contributed by atoms with Crippen molar-refractivity contribution in [2.45, 2.75) is 63.5 Å². The number of anilines is 1. The third kappa shape index (κ3) is 3.94.